The van der Waals surface area contributed by atoms with Crippen molar-refractivity contribution in [3.8, 4) is 0 Å². The van der Waals surface area contributed by atoms with Crippen molar-refractivity contribution in [3.05, 3.63) is 35.4 Å². The third-order valence-electron chi connectivity index (χ3n) is 5.35. The van der Waals surface area contributed by atoms with Crippen molar-refractivity contribution in [1.29, 1.82) is 0 Å². The number of rotatable bonds is 9. The van der Waals surface area contributed by atoms with Crippen LogP contribution in [0.25, 0.3) is 0 Å². The number of carbonyl (C=O) groups excluding carboxylic acids is 1. The van der Waals surface area contributed by atoms with Crippen molar-refractivity contribution in [2.75, 3.05) is 60.0 Å². The monoisotopic (exact) mass is 545 g/mol. The first-order valence-corrected chi connectivity index (χ1v) is 11.1. The van der Waals surface area contributed by atoms with E-state index in [2.05, 4.69) is 42.4 Å². The fourth-order valence-corrected chi connectivity index (χ4v) is 3.63. The van der Waals surface area contributed by atoms with Crippen molar-refractivity contribution in [2.24, 2.45) is 10.9 Å². The van der Waals surface area contributed by atoms with Crippen LogP contribution in [0.15, 0.2) is 29.3 Å². The van der Waals surface area contributed by atoms with Gasteiger partial charge in [-0.2, -0.15) is 0 Å². The van der Waals surface area contributed by atoms with Crippen LogP contribution in [0, 0.1) is 5.92 Å². The number of aliphatic imine (C=N–C) groups is 1. The smallest absolute Gasteiger partial charge is 0.253 e. The van der Waals surface area contributed by atoms with Gasteiger partial charge in [0.25, 0.3) is 5.91 Å². The van der Waals surface area contributed by atoms with E-state index in [9.17, 15) is 4.79 Å². The van der Waals surface area contributed by atoms with Crippen LogP contribution in [0.4, 0.5) is 0 Å². The van der Waals surface area contributed by atoms with Crippen molar-refractivity contribution in [3.63, 3.8) is 0 Å². The average Bonchev–Trinajstić information content (AvgIpc) is 2.74. The number of amides is 1. The Kier molecular flexibility index (Phi) is 13.0. The first-order chi connectivity index (χ1) is 14.4. The fourth-order valence-electron chi connectivity index (χ4n) is 3.63. The zero-order valence-corrected chi connectivity index (χ0v) is 22.0. The summed E-state index contributed by atoms with van der Waals surface area (Å²) in [5.74, 6) is 1.41. The molecular formula is C23H40IN5O2. The number of benzene rings is 1. The van der Waals surface area contributed by atoms with Crippen LogP contribution >= 0.6 is 24.0 Å². The summed E-state index contributed by atoms with van der Waals surface area (Å²) in [4.78, 5) is 21.1. The molecule has 1 amide bonds. The summed E-state index contributed by atoms with van der Waals surface area (Å²) in [7, 11) is 3.55. The lowest BCUT2D eigenvalue weighted by Crippen LogP contribution is -2.48. The van der Waals surface area contributed by atoms with Crippen LogP contribution in [0.2, 0.25) is 0 Å². The van der Waals surface area contributed by atoms with Crippen molar-refractivity contribution in [2.45, 2.75) is 33.2 Å². The van der Waals surface area contributed by atoms with Crippen molar-refractivity contribution < 1.29 is 9.53 Å². The van der Waals surface area contributed by atoms with Gasteiger partial charge in [-0.05, 0) is 37.0 Å². The molecule has 1 heterocycles. The van der Waals surface area contributed by atoms with Gasteiger partial charge in [0.2, 0.25) is 0 Å². The predicted octanol–water partition coefficient (Wildman–Crippen LogP) is 2.46. The van der Waals surface area contributed by atoms with E-state index in [0.29, 0.717) is 12.0 Å². The molecule has 1 atom stereocenters. The standard InChI is InChI=1S/C23H39N5O2.HI/c1-6-24-23(26-17-21(18(2)3)28-12-14-30-15-13-28)25-11-10-19-8-7-9-20(16-19)22(29)27(4)5;/h7-9,16,18,21H,6,10-15,17H2,1-5H3,(H2,24,25,26);1H. The summed E-state index contributed by atoms with van der Waals surface area (Å²) in [6, 6.07) is 8.26. The Morgan fingerprint density at radius 1 is 1.23 bits per heavy atom. The maximum Gasteiger partial charge on any atom is 0.253 e. The second kappa shape index (κ2) is 14.6. The third-order valence-corrected chi connectivity index (χ3v) is 5.35. The lowest BCUT2D eigenvalue weighted by Gasteiger charge is -2.36. The minimum Gasteiger partial charge on any atom is -0.379 e. The van der Waals surface area contributed by atoms with Gasteiger partial charge in [0, 0.05) is 51.9 Å². The van der Waals surface area contributed by atoms with Gasteiger partial charge in [-0.1, -0.05) is 26.0 Å². The molecule has 1 saturated heterocycles. The van der Waals surface area contributed by atoms with Gasteiger partial charge in [-0.3, -0.25) is 14.7 Å². The number of morpholine rings is 1. The molecule has 2 N–H and O–H groups in total. The number of halogens is 1. The second-order valence-electron chi connectivity index (χ2n) is 8.26. The Balaban J connectivity index is 0.00000480. The van der Waals surface area contributed by atoms with Crippen LogP contribution in [0.1, 0.15) is 36.7 Å². The molecule has 0 bridgehead atoms. The minimum atomic E-state index is 0. The zero-order chi connectivity index (χ0) is 21.9. The number of hydrogen-bond donors (Lipinski definition) is 2. The van der Waals surface area contributed by atoms with Gasteiger partial charge in [0.15, 0.2) is 5.96 Å². The number of ether oxygens (including phenoxy) is 1. The summed E-state index contributed by atoms with van der Waals surface area (Å²) < 4.78 is 5.50. The van der Waals surface area contributed by atoms with E-state index in [1.165, 1.54) is 0 Å². The molecule has 1 aromatic carbocycles. The maximum absolute atomic E-state index is 12.2. The first-order valence-electron chi connectivity index (χ1n) is 11.1. The van der Waals surface area contributed by atoms with E-state index < -0.39 is 0 Å². The normalized spacial score (nSPS) is 15.9. The molecular weight excluding hydrogens is 505 g/mol. The first kappa shape index (κ1) is 27.6. The van der Waals surface area contributed by atoms with Crippen molar-refractivity contribution >= 4 is 35.8 Å². The summed E-state index contributed by atoms with van der Waals surface area (Å²) in [6.07, 6.45) is 0.829. The molecule has 0 spiro atoms. The van der Waals surface area contributed by atoms with E-state index in [-0.39, 0.29) is 29.9 Å². The molecule has 1 unspecified atom stereocenters. The number of carbonyl (C=O) groups is 1. The molecule has 2 rings (SSSR count). The van der Waals surface area contributed by atoms with Crippen LogP contribution in [-0.4, -0.2) is 87.7 Å². The topological polar surface area (TPSA) is 69.2 Å². The number of nitrogens with zero attached hydrogens (tertiary/aromatic N) is 3. The Morgan fingerprint density at radius 2 is 1.94 bits per heavy atom. The number of nitrogens with one attached hydrogen (secondary N) is 2. The average molecular weight is 546 g/mol. The van der Waals surface area contributed by atoms with Crippen LogP contribution in [0.5, 0.6) is 0 Å². The molecule has 176 valence electrons. The summed E-state index contributed by atoms with van der Waals surface area (Å²) in [6.45, 7) is 12.5. The molecule has 8 heteroatoms. The Morgan fingerprint density at radius 3 is 2.55 bits per heavy atom. The highest BCUT2D eigenvalue weighted by molar-refractivity contribution is 14.0. The highest BCUT2D eigenvalue weighted by Crippen LogP contribution is 2.13. The van der Waals surface area contributed by atoms with Crippen LogP contribution in [-0.2, 0) is 11.2 Å². The van der Waals surface area contributed by atoms with Crippen molar-refractivity contribution in [1.82, 2.24) is 20.4 Å². The molecule has 1 aliphatic heterocycles. The number of hydrogen-bond acceptors (Lipinski definition) is 4. The number of guanidine groups is 1. The third kappa shape index (κ3) is 9.33. The molecule has 0 saturated carbocycles. The fraction of sp³-hybridized carbons (Fsp3) is 0.652. The molecule has 0 aromatic heterocycles. The summed E-state index contributed by atoms with van der Waals surface area (Å²) in [5, 5.41) is 6.78. The van der Waals surface area contributed by atoms with E-state index in [0.717, 1.165) is 69.4 Å². The van der Waals surface area contributed by atoms with Gasteiger partial charge in [-0.25, -0.2) is 0 Å². The maximum atomic E-state index is 12.2. The van der Waals surface area contributed by atoms with Gasteiger partial charge in [0.1, 0.15) is 0 Å². The SMILES string of the molecule is CCNC(=NCC(C(C)C)N1CCOCC1)NCCc1cccc(C(=O)N(C)C)c1.I. The lowest BCUT2D eigenvalue weighted by atomic mass is 10.0. The van der Waals surface area contributed by atoms with E-state index in [1.54, 1.807) is 19.0 Å². The van der Waals surface area contributed by atoms with Crippen LogP contribution < -0.4 is 10.6 Å². The second-order valence-corrected chi connectivity index (χ2v) is 8.26. The molecule has 1 fully saturated rings. The minimum absolute atomic E-state index is 0. The van der Waals surface area contributed by atoms with Gasteiger partial charge >= 0.3 is 0 Å². The van der Waals surface area contributed by atoms with Crippen LogP contribution in [0.3, 0.4) is 0 Å². The largest absolute Gasteiger partial charge is 0.379 e. The Labute approximate surface area is 205 Å². The molecule has 7 nitrogen and oxygen atoms in total. The zero-order valence-electron chi connectivity index (χ0n) is 19.7. The lowest BCUT2D eigenvalue weighted by molar-refractivity contribution is 0.00867. The highest BCUT2D eigenvalue weighted by atomic mass is 127. The van der Waals surface area contributed by atoms with E-state index >= 15 is 0 Å². The van der Waals surface area contributed by atoms with E-state index in [4.69, 9.17) is 9.73 Å². The summed E-state index contributed by atoms with van der Waals surface area (Å²) >= 11 is 0. The molecule has 1 aromatic rings. The molecule has 0 radical (unpaired) electrons. The van der Waals surface area contributed by atoms with Gasteiger partial charge < -0.3 is 20.3 Å². The Bertz CT molecular complexity index is 690. The summed E-state index contributed by atoms with van der Waals surface area (Å²) in [5.41, 5.74) is 1.86. The highest BCUT2D eigenvalue weighted by Gasteiger charge is 2.23. The molecule has 1 aliphatic rings. The molecule has 31 heavy (non-hydrogen) atoms. The van der Waals surface area contributed by atoms with E-state index in [1.807, 2.05) is 18.2 Å². The predicted molar refractivity (Wildman–Crippen MR) is 139 cm³/mol. The van der Waals surface area contributed by atoms with Gasteiger partial charge in [-0.15, -0.1) is 24.0 Å². The quantitative estimate of drug-likeness (QED) is 0.284. The molecule has 0 aliphatic carbocycles. The van der Waals surface area contributed by atoms with Gasteiger partial charge in [0.05, 0.1) is 19.8 Å². The Hall–Kier alpha value is -1.39.